The molecule has 0 unspecified atom stereocenters. The molecule has 82 valence electrons. The van der Waals surface area contributed by atoms with Crippen molar-refractivity contribution < 1.29 is 0 Å². The van der Waals surface area contributed by atoms with E-state index in [0.717, 1.165) is 31.9 Å². The van der Waals surface area contributed by atoms with E-state index < -0.39 is 0 Å². The van der Waals surface area contributed by atoms with Gasteiger partial charge in [0.15, 0.2) is 0 Å². The lowest BCUT2D eigenvalue weighted by Gasteiger charge is -2.22. The predicted octanol–water partition coefficient (Wildman–Crippen LogP) is 2.79. The van der Waals surface area contributed by atoms with Gasteiger partial charge < -0.3 is 10.2 Å². The molecule has 0 saturated carbocycles. The summed E-state index contributed by atoms with van der Waals surface area (Å²) in [6.07, 6.45) is 1.17. The average molecular weight is 245 g/mol. The Kier molecular flexibility index (Phi) is 3.73. The molecular weight excluding hydrogens is 231 g/mol. The summed E-state index contributed by atoms with van der Waals surface area (Å²) in [6, 6.07) is 5.83. The van der Waals surface area contributed by atoms with Crippen LogP contribution >= 0.6 is 23.2 Å². The summed E-state index contributed by atoms with van der Waals surface area (Å²) in [5, 5.41) is 4.62. The molecule has 1 aromatic rings. The highest BCUT2D eigenvalue weighted by Crippen LogP contribution is 2.27. The van der Waals surface area contributed by atoms with Crippen molar-refractivity contribution in [3.8, 4) is 0 Å². The first-order valence-electron chi connectivity index (χ1n) is 5.18. The second kappa shape index (κ2) is 5.06. The van der Waals surface area contributed by atoms with E-state index in [9.17, 15) is 0 Å². The van der Waals surface area contributed by atoms with E-state index in [1.165, 1.54) is 6.42 Å². The zero-order valence-electron chi connectivity index (χ0n) is 8.47. The smallest absolute Gasteiger partial charge is 0.0612 e. The van der Waals surface area contributed by atoms with Crippen LogP contribution in [0.15, 0.2) is 18.2 Å². The molecule has 0 aliphatic carbocycles. The molecule has 0 bridgehead atoms. The lowest BCUT2D eigenvalue weighted by molar-refractivity contribution is 0.724. The number of nitrogens with zero attached hydrogens (tertiary/aromatic N) is 1. The summed E-state index contributed by atoms with van der Waals surface area (Å²) in [4.78, 5) is 2.34. The topological polar surface area (TPSA) is 15.3 Å². The van der Waals surface area contributed by atoms with Gasteiger partial charge in [0.05, 0.1) is 10.0 Å². The Labute approximate surface area is 100 Å². The standard InChI is InChI=1S/C11H14Cl2N2/c12-10-3-2-9(8-11(10)13)15-6-1-4-14-5-7-15/h2-3,8,14H,1,4-7H2. The van der Waals surface area contributed by atoms with Gasteiger partial charge in [0.25, 0.3) is 0 Å². The van der Waals surface area contributed by atoms with Crippen LogP contribution in [0.5, 0.6) is 0 Å². The highest BCUT2D eigenvalue weighted by atomic mass is 35.5. The molecule has 1 saturated heterocycles. The first-order chi connectivity index (χ1) is 7.27. The molecule has 1 heterocycles. The number of hydrogen-bond donors (Lipinski definition) is 1. The van der Waals surface area contributed by atoms with Crippen molar-refractivity contribution in [2.45, 2.75) is 6.42 Å². The number of benzene rings is 1. The molecule has 1 N–H and O–H groups in total. The molecule has 2 rings (SSSR count). The van der Waals surface area contributed by atoms with Gasteiger partial charge in [-0.3, -0.25) is 0 Å². The minimum atomic E-state index is 0.619. The first-order valence-corrected chi connectivity index (χ1v) is 5.94. The van der Waals surface area contributed by atoms with Gasteiger partial charge >= 0.3 is 0 Å². The number of nitrogens with one attached hydrogen (secondary N) is 1. The van der Waals surface area contributed by atoms with Crippen LogP contribution in [-0.4, -0.2) is 26.2 Å². The Hall–Kier alpha value is -0.440. The van der Waals surface area contributed by atoms with Crippen LogP contribution in [0.3, 0.4) is 0 Å². The second-order valence-corrected chi connectivity index (χ2v) is 4.50. The van der Waals surface area contributed by atoms with Gasteiger partial charge in [-0.2, -0.15) is 0 Å². The molecule has 15 heavy (non-hydrogen) atoms. The Balaban J connectivity index is 2.16. The Morgan fingerprint density at radius 1 is 1.07 bits per heavy atom. The summed E-state index contributed by atoms with van der Waals surface area (Å²) in [5.74, 6) is 0. The van der Waals surface area contributed by atoms with Crippen molar-refractivity contribution in [3.05, 3.63) is 28.2 Å². The fraction of sp³-hybridized carbons (Fsp3) is 0.455. The molecule has 0 spiro atoms. The van der Waals surface area contributed by atoms with Gasteiger partial charge in [-0.1, -0.05) is 23.2 Å². The maximum Gasteiger partial charge on any atom is 0.0612 e. The number of rotatable bonds is 1. The molecule has 1 aliphatic heterocycles. The zero-order chi connectivity index (χ0) is 10.7. The number of anilines is 1. The molecule has 1 aliphatic rings. The van der Waals surface area contributed by atoms with Crippen LogP contribution in [0.2, 0.25) is 10.0 Å². The van der Waals surface area contributed by atoms with Gasteiger partial charge in [0, 0.05) is 25.3 Å². The molecule has 2 nitrogen and oxygen atoms in total. The third-order valence-corrected chi connectivity index (χ3v) is 3.35. The van der Waals surface area contributed by atoms with Crippen LogP contribution in [0, 0.1) is 0 Å². The quantitative estimate of drug-likeness (QED) is 0.818. The van der Waals surface area contributed by atoms with Crippen molar-refractivity contribution in [3.63, 3.8) is 0 Å². The van der Waals surface area contributed by atoms with E-state index in [2.05, 4.69) is 10.2 Å². The first kappa shape index (κ1) is 11.1. The molecule has 0 amide bonds. The maximum atomic E-state index is 6.00. The third kappa shape index (κ3) is 2.77. The van der Waals surface area contributed by atoms with Crippen LogP contribution in [0.4, 0.5) is 5.69 Å². The van der Waals surface area contributed by atoms with Crippen LogP contribution in [0.1, 0.15) is 6.42 Å². The Morgan fingerprint density at radius 2 is 1.93 bits per heavy atom. The Bertz CT molecular complexity index is 333. The summed E-state index contributed by atoms with van der Waals surface area (Å²) in [7, 11) is 0. The lowest BCUT2D eigenvalue weighted by Crippen LogP contribution is -2.27. The molecular formula is C11H14Cl2N2. The normalized spacial score (nSPS) is 17.6. The van der Waals surface area contributed by atoms with E-state index in [1.54, 1.807) is 0 Å². The number of hydrogen-bond acceptors (Lipinski definition) is 2. The van der Waals surface area contributed by atoms with Crippen LogP contribution in [0.25, 0.3) is 0 Å². The predicted molar refractivity (Wildman–Crippen MR) is 66.2 cm³/mol. The lowest BCUT2D eigenvalue weighted by atomic mass is 10.2. The summed E-state index contributed by atoms with van der Waals surface area (Å²) in [5.41, 5.74) is 1.16. The van der Waals surface area contributed by atoms with Gasteiger partial charge in [0.1, 0.15) is 0 Å². The van der Waals surface area contributed by atoms with Crippen molar-refractivity contribution in [2.24, 2.45) is 0 Å². The summed E-state index contributed by atoms with van der Waals surface area (Å²) in [6.45, 7) is 4.22. The highest BCUT2D eigenvalue weighted by molar-refractivity contribution is 6.42. The van der Waals surface area contributed by atoms with E-state index in [1.807, 2.05) is 18.2 Å². The van der Waals surface area contributed by atoms with Gasteiger partial charge in [-0.25, -0.2) is 0 Å². The fourth-order valence-electron chi connectivity index (χ4n) is 1.79. The van der Waals surface area contributed by atoms with Gasteiger partial charge in [0.2, 0.25) is 0 Å². The Morgan fingerprint density at radius 3 is 2.73 bits per heavy atom. The number of halogens is 2. The molecule has 4 heteroatoms. The average Bonchev–Trinajstić information content (AvgIpc) is 2.50. The fourth-order valence-corrected chi connectivity index (χ4v) is 2.08. The SMILES string of the molecule is Clc1ccc(N2CCCNCC2)cc1Cl. The van der Waals surface area contributed by atoms with Crippen LogP contribution in [-0.2, 0) is 0 Å². The second-order valence-electron chi connectivity index (χ2n) is 3.69. The van der Waals surface area contributed by atoms with Crippen molar-refractivity contribution in [1.29, 1.82) is 0 Å². The highest BCUT2D eigenvalue weighted by Gasteiger charge is 2.10. The van der Waals surface area contributed by atoms with Gasteiger partial charge in [-0.05, 0) is 31.2 Å². The van der Waals surface area contributed by atoms with Crippen molar-refractivity contribution in [2.75, 3.05) is 31.1 Å². The van der Waals surface area contributed by atoms with Crippen molar-refractivity contribution >= 4 is 28.9 Å². The minimum absolute atomic E-state index is 0.619. The molecule has 1 fully saturated rings. The largest absolute Gasteiger partial charge is 0.370 e. The molecule has 0 radical (unpaired) electrons. The van der Waals surface area contributed by atoms with Crippen molar-refractivity contribution in [1.82, 2.24) is 5.32 Å². The maximum absolute atomic E-state index is 6.00. The summed E-state index contributed by atoms with van der Waals surface area (Å²) < 4.78 is 0. The molecule has 0 aromatic heterocycles. The van der Waals surface area contributed by atoms with E-state index in [4.69, 9.17) is 23.2 Å². The summed E-state index contributed by atoms with van der Waals surface area (Å²) >= 11 is 11.9. The third-order valence-electron chi connectivity index (χ3n) is 2.61. The van der Waals surface area contributed by atoms with E-state index in [0.29, 0.717) is 10.0 Å². The monoisotopic (exact) mass is 244 g/mol. The van der Waals surface area contributed by atoms with Gasteiger partial charge in [-0.15, -0.1) is 0 Å². The minimum Gasteiger partial charge on any atom is -0.370 e. The van der Waals surface area contributed by atoms with E-state index >= 15 is 0 Å². The molecule has 0 atom stereocenters. The molecule has 1 aromatic carbocycles. The van der Waals surface area contributed by atoms with Crippen LogP contribution < -0.4 is 10.2 Å². The van der Waals surface area contributed by atoms with E-state index in [-0.39, 0.29) is 0 Å². The zero-order valence-corrected chi connectivity index (χ0v) is 9.98.